The number of Topliss-reactive ketones (excluding diaryl/α,β-unsaturated/α-hetero) is 1. The number of hydrogen-bond acceptors (Lipinski definition) is 10. The second-order valence-electron chi connectivity index (χ2n) is 10.1. The summed E-state index contributed by atoms with van der Waals surface area (Å²) in [5, 5.41) is 15.8. The number of nitrogens with one attached hydrogen (secondary N) is 2. The van der Waals surface area contributed by atoms with Crippen molar-refractivity contribution in [2.45, 2.75) is 77.5 Å². The van der Waals surface area contributed by atoms with Gasteiger partial charge in [0.15, 0.2) is 5.78 Å². The molecule has 0 radical (unpaired) electrons. The van der Waals surface area contributed by atoms with Gasteiger partial charge >= 0.3 is 12.1 Å². The van der Waals surface area contributed by atoms with Gasteiger partial charge in [0.05, 0.1) is 31.0 Å². The maximum Gasteiger partial charge on any atom is 0.415 e. The number of amides is 4. The number of nitrogens with zero attached hydrogens (tertiary/aromatic N) is 3. The normalized spacial score (nSPS) is 15.8. The van der Waals surface area contributed by atoms with Gasteiger partial charge in [-0.1, -0.05) is 0 Å². The number of hydrogen-bond donors (Lipinski definition) is 2. The molecule has 1 saturated heterocycles. The maximum absolute atomic E-state index is 13.3. The highest BCUT2D eigenvalue weighted by atomic mass is 16.6. The Balaban J connectivity index is 1.97. The summed E-state index contributed by atoms with van der Waals surface area (Å²) in [5.41, 5.74) is -0.169. The predicted molar refractivity (Wildman–Crippen MR) is 147 cm³/mol. The van der Waals surface area contributed by atoms with Gasteiger partial charge in [0.25, 0.3) is 5.69 Å². The van der Waals surface area contributed by atoms with E-state index in [2.05, 4.69) is 15.4 Å². The van der Waals surface area contributed by atoms with Crippen LogP contribution in [0.25, 0.3) is 0 Å². The van der Waals surface area contributed by atoms with E-state index in [9.17, 15) is 38.9 Å². The fourth-order valence-electron chi connectivity index (χ4n) is 4.24. The molecule has 0 aromatic heterocycles. The van der Waals surface area contributed by atoms with Crippen LogP contribution in [0.3, 0.4) is 0 Å². The van der Waals surface area contributed by atoms with E-state index in [1.807, 2.05) is 0 Å². The third-order valence-corrected chi connectivity index (χ3v) is 6.63. The topological polar surface area (TPSA) is 195 Å². The first-order chi connectivity index (χ1) is 19.7. The molecule has 1 aliphatic heterocycles. The van der Waals surface area contributed by atoms with Crippen molar-refractivity contribution in [3.63, 3.8) is 0 Å². The van der Waals surface area contributed by atoms with E-state index < -0.39 is 58.9 Å². The molecule has 3 atom stereocenters. The highest BCUT2D eigenvalue weighted by Gasteiger charge is 2.38. The number of carbonyl (C=O) groups excluding carboxylic acids is 6. The number of methoxy groups -OCH3 is 1. The highest BCUT2D eigenvalue weighted by Crippen LogP contribution is 2.22. The van der Waals surface area contributed by atoms with E-state index in [0.717, 1.165) is 0 Å². The lowest BCUT2D eigenvalue weighted by Gasteiger charge is -2.30. The Hall–Kier alpha value is -4.56. The van der Waals surface area contributed by atoms with Crippen LogP contribution in [0.1, 0.15) is 53.4 Å². The van der Waals surface area contributed by atoms with Gasteiger partial charge in [0.2, 0.25) is 17.7 Å². The summed E-state index contributed by atoms with van der Waals surface area (Å²) in [6.07, 6.45) is -0.207. The van der Waals surface area contributed by atoms with E-state index >= 15 is 0 Å². The third kappa shape index (κ3) is 9.52. The molecule has 1 heterocycles. The molecular weight excluding hydrogens is 554 g/mol. The van der Waals surface area contributed by atoms with Crippen molar-refractivity contribution in [2.75, 3.05) is 20.2 Å². The molecule has 42 heavy (non-hydrogen) atoms. The van der Waals surface area contributed by atoms with Crippen molar-refractivity contribution in [3.05, 3.63) is 34.4 Å². The SMILES string of the molecule is COC(=O)CCC(=O)N[C@@H](C)C(=O)N[C@@H](C)C(=O)N1CCC[C@H]1C(=O)CN(C(=O)Oc1ccc([N+](=O)[O-])cc1)C(C)C. The molecule has 15 heteroatoms. The Bertz CT molecular complexity index is 1190. The molecular formula is C27H37N5O10. The van der Waals surface area contributed by atoms with Crippen LogP contribution in [0.5, 0.6) is 5.75 Å². The second kappa shape index (κ2) is 15.4. The molecule has 0 aliphatic carbocycles. The Labute approximate surface area is 243 Å². The lowest BCUT2D eigenvalue weighted by atomic mass is 10.1. The van der Waals surface area contributed by atoms with Crippen molar-refractivity contribution < 1.29 is 43.2 Å². The maximum atomic E-state index is 13.3. The van der Waals surface area contributed by atoms with Crippen molar-refractivity contribution >= 4 is 41.3 Å². The third-order valence-electron chi connectivity index (χ3n) is 6.63. The van der Waals surface area contributed by atoms with Crippen LogP contribution in [-0.2, 0) is 28.7 Å². The molecule has 0 saturated carbocycles. The summed E-state index contributed by atoms with van der Waals surface area (Å²) in [5.74, 6) is -2.53. The zero-order valence-corrected chi connectivity index (χ0v) is 24.3. The summed E-state index contributed by atoms with van der Waals surface area (Å²) in [6.45, 7) is 6.22. The number of ketones is 1. The summed E-state index contributed by atoms with van der Waals surface area (Å²) in [7, 11) is 1.20. The zero-order valence-electron chi connectivity index (χ0n) is 24.3. The van der Waals surface area contributed by atoms with Crippen LogP contribution < -0.4 is 15.4 Å². The minimum atomic E-state index is -1.01. The molecule has 2 rings (SSSR count). The molecule has 230 valence electrons. The molecule has 0 spiro atoms. The Morgan fingerprint density at radius 2 is 1.67 bits per heavy atom. The number of benzene rings is 1. The van der Waals surface area contributed by atoms with Gasteiger partial charge in [-0.05, 0) is 52.7 Å². The van der Waals surface area contributed by atoms with Crippen LogP contribution in [0.15, 0.2) is 24.3 Å². The number of esters is 1. The predicted octanol–water partition coefficient (Wildman–Crippen LogP) is 1.33. The van der Waals surface area contributed by atoms with Gasteiger partial charge in [0, 0.05) is 31.1 Å². The van der Waals surface area contributed by atoms with Crippen molar-refractivity contribution in [1.29, 1.82) is 0 Å². The summed E-state index contributed by atoms with van der Waals surface area (Å²) >= 11 is 0. The van der Waals surface area contributed by atoms with E-state index in [4.69, 9.17) is 4.74 Å². The number of rotatable bonds is 13. The molecule has 0 unspecified atom stereocenters. The Morgan fingerprint density at radius 1 is 1.02 bits per heavy atom. The Kier molecular flexibility index (Phi) is 12.4. The number of ether oxygens (including phenoxy) is 2. The standard InChI is InChI=1S/C27H37N5O10/c1-16(2)31(27(38)42-20-10-8-19(9-11-20)32(39)40)15-22(33)21-7-6-14-30(21)26(37)18(4)29-25(36)17(3)28-23(34)12-13-24(35)41-5/h8-11,16-18,21H,6-7,12-15H2,1-5H3,(H,28,34)(H,29,36)/t17-,18-,21-/m0/s1. The number of non-ortho nitro benzene ring substituents is 1. The lowest BCUT2D eigenvalue weighted by Crippen LogP contribution is -2.55. The van der Waals surface area contributed by atoms with Crippen LogP contribution in [-0.4, -0.2) is 94.7 Å². The van der Waals surface area contributed by atoms with Crippen LogP contribution in [0, 0.1) is 10.1 Å². The highest BCUT2D eigenvalue weighted by molar-refractivity contribution is 5.96. The number of nitro groups is 1. The van der Waals surface area contributed by atoms with Crippen LogP contribution in [0.4, 0.5) is 10.5 Å². The van der Waals surface area contributed by atoms with Crippen LogP contribution in [0.2, 0.25) is 0 Å². The van der Waals surface area contributed by atoms with Crippen molar-refractivity contribution in [2.24, 2.45) is 0 Å². The average molecular weight is 592 g/mol. The fraction of sp³-hybridized carbons (Fsp3) is 0.556. The van der Waals surface area contributed by atoms with Crippen molar-refractivity contribution in [1.82, 2.24) is 20.4 Å². The van der Waals surface area contributed by atoms with Gasteiger partial charge in [-0.3, -0.25) is 39.0 Å². The number of nitro benzene ring substituents is 1. The molecule has 1 fully saturated rings. The molecule has 1 aliphatic rings. The fourth-order valence-corrected chi connectivity index (χ4v) is 4.24. The van der Waals surface area contributed by atoms with Gasteiger partial charge in [-0.2, -0.15) is 0 Å². The minimum absolute atomic E-state index is 0.0693. The minimum Gasteiger partial charge on any atom is -0.469 e. The van der Waals surface area contributed by atoms with E-state index in [1.54, 1.807) is 13.8 Å². The van der Waals surface area contributed by atoms with E-state index in [1.165, 1.54) is 55.0 Å². The largest absolute Gasteiger partial charge is 0.469 e. The second-order valence-corrected chi connectivity index (χ2v) is 10.1. The van der Waals surface area contributed by atoms with Gasteiger partial charge in [0.1, 0.15) is 17.8 Å². The first-order valence-electron chi connectivity index (χ1n) is 13.5. The van der Waals surface area contributed by atoms with Crippen molar-refractivity contribution in [3.8, 4) is 5.75 Å². The zero-order chi connectivity index (χ0) is 31.6. The molecule has 2 N–H and O–H groups in total. The van der Waals surface area contributed by atoms with E-state index in [0.29, 0.717) is 12.8 Å². The Morgan fingerprint density at radius 3 is 2.24 bits per heavy atom. The lowest BCUT2D eigenvalue weighted by molar-refractivity contribution is -0.384. The van der Waals surface area contributed by atoms with Gasteiger partial charge in [-0.15, -0.1) is 0 Å². The van der Waals surface area contributed by atoms with Crippen LogP contribution >= 0.6 is 0 Å². The molecule has 4 amide bonds. The molecule has 1 aromatic rings. The summed E-state index contributed by atoms with van der Waals surface area (Å²) < 4.78 is 9.78. The first kappa shape index (κ1) is 33.6. The smallest absolute Gasteiger partial charge is 0.415 e. The molecule has 15 nitrogen and oxygen atoms in total. The summed E-state index contributed by atoms with van der Waals surface area (Å²) in [4.78, 5) is 87.9. The molecule has 1 aromatic carbocycles. The average Bonchev–Trinajstić information content (AvgIpc) is 3.44. The van der Waals surface area contributed by atoms with Gasteiger partial charge < -0.3 is 25.0 Å². The number of likely N-dealkylation sites (tertiary alicyclic amines) is 1. The first-order valence-corrected chi connectivity index (χ1v) is 13.5. The van der Waals surface area contributed by atoms with Gasteiger partial charge in [-0.25, -0.2) is 4.79 Å². The summed E-state index contributed by atoms with van der Waals surface area (Å²) in [6, 6.07) is 1.69. The molecule has 0 bridgehead atoms. The monoisotopic (exact) mass is 591 g/mol. The van der Waals surface area contributed by atoms with E-state index in [-0.39, 0.29) is 43.2 Å². The quantitative estimate of drug-likeness (QED) is 0.192. The number of carbonyl (C=O) groups is 6.